The molecule has 5 nitrogen and oxygen atoms in total. The monoisotopic (exact) mass is 289 g/mol. The van der Waals surface area contributed by atoms with Crippen molar-refractivity contribution >= 4 is 11.7 Å². The highest BCUT2D eigenvalue weighted by atomic mass is 19.4. The summed E-state index contributed by atoms with van der Waals surface area (Å²) in [6.45, 7) is -0.412. The average molecular weight is 289 g/mol. The number of halogens is 3. The lowest BCUT2D eigenvalue weighted by Crippen LogP contribution is -2.30. The quantitative estimate of drug-likeness (QED) is 0.384. The predicted octanol–water partition coefficient (Wildman–Crippen LogP) is 1.81. The normalized spacial score (nSPS) is 12.3. The number of carbonyl (C=O) groups is 1. The summed E-state index contributed by atoms with van der Waals surface area (Å²) in [7, 11) is 1.30. The number of hydrogen-bond donors (Lipinski definition) is 2. The van der Waals surface area contributed by atoms with Crippen LogP contribution in [0.5, 0.6) is 0 Å². The molecule has 0 atom stereocenters. The third-order valence-corrected chi connectivity index (χ3v) is 2.61. The molecule has 20 heavy (non-hydrogen) atoms. The molecule has 0 fully saturated rings. The number of amidine groups is 1. The first-order valence-electron chi connectivity index (χ1n) is 5.65. The van der Waals surface area contributed by atoms with E-state index >= 15 is 0 Å². The molecule has 0 aromatic heterocycles. The van der Waals surface area contributed by atoms with Crippen LogP contribution in [-0.4, -0.2) is 41.6 Å². The molecule has 0 aliphatic heterocycles. The van der Waals surface area contributed by atoms with Crippen molar-refractivity contribution in [1.82, 2.24) is 4.90 Å². The van der Waals surface area contributed by atoms with Gasteiger partial charge in [0.05, 0.1) is 6.42 Å². The molecule has 1 aromatic carbocycles. The zero-order chi connectivity index (χ0) is 15.3. The van der Waals surface area contributed by atoms with Crippen molar-refractivity contribution in [3.63, 3.8) is 0 Å². The van der Waals surface area contributed by atoms with Gasteiger partial charge in [0.2, 0.25) is 0 Å². The third-order valence-electron chi connectivity index (χ3n) is 2.61. The van der Waals surface area contributed by atoms with Gasteiger partial charge in [-0.25, -0.2) is 0 Å². The molecule has 3 N–H and O–H groups in total. The van der Waals surface area contributed by atoms with E-state index in [-0.39, 0.29) is 11.4 Å². The molecule has 1 aromatic rings. The summed E-state index contributed by atoms with van der Waals surface area (Å²) < 4.78 is 36.2. The van der Waals surface area contributed by atoms with E-state index in [1.165, 1.54) is 31.3 Å². The highest BCUT2D eigenvalue weighted by Crippen LogP contribution is 2.20. The number of hydrogen-bond acceptors (Lipinski definition) is 3. The molecular formula is C12H14F3N3O2. The summed E-state index contributed by atoms with van der Waals surface area (Å²) >= 11 is 0. The van der Waals surface area contributed by atoms with E-state index in [4.69, 9.17) is 10.9 Å². The molecule has 0 unspecified atom stereocenters. The van der Waals surface area contributed by atoms with Gasteiger partial charge in [-0.3, -0.25) is 4.79 Å². The maximum Gasteiger partial charge on any atom is 0.390 e. The van der Waals surface area contributed by atoms with E-state index < -0.39 is 25.0 Å². The largest absolute Gasteiger partial charge is 0.409 e. The zero-order valence-corrected chi connectivity index (χ0v) is 10.7. The van der Waals surface area contributed by atoms with Gasteiger partial charge in [-0.15, -0.1) is 0 Å². The van der Waals surface area contributed by atoms with E-state index in [0.717, 1.165) is 4.90 Å². The Morgan fingerprint density at radius 3 is 2.25 bits per heavy atom. The van der Waals surface area contributed by atoms with Crippen LogP contribution in [0.2, 0.25) is 0 Å². The molecule has 0 saturated carbocycles. The fraction of sp³-hybridized carbons (Fsp3) is 0.333. The minimum Gasteiger partial charge on any atom is -0.409 e. The van der Waals surface area contributed by atoms with Crippen molar-refractivity contribution < 1.29 is 23.2 Å². The van der Waals surface area contributed by atoms with Gasteiger partial charge in [0.25, 0.3) is 5.91 Å². The number of alkyl halides is 3. The Kier molecular flexibility index (Phi) is 4.95. The van der Waals surface area contributed by atoms with Crippen LogP contribution < -0.4 is 5.73 Å². The van der Waals surface area contributed by atoms with Crippen LogP contribution in [0.1, 0.15) is 22.3 Å². The number of rotatable bonds is 4. The number of benzene rings is 1. The van der Waals surface area contributed by atoms with Gasteiger partial charge < -0.3 is 15.8 Å². The second kappa shape index (κ2) is 6.27. The second-order valence-electron chi connectivity index (χ2n) is 4.15. The maximum atomic E-state index is 12.1. The van der Waals surface area contributed by atoms with Crippen molar-refractivity contribution in [2.75, 3.05) is 13.6 Å². The highest BCUT2D eigenvalue weighted by molar-refractivity contribution is 5.99. The molecule has 0 bridgehead atoms. The molecule has 1 amide bonds. The minimum absolute atomic E-state index is 0.116. The Bertz CT molecular complexity index is 498. The summed E-state index contributed by atoms with van der Waals surface area (Å²) in [5, 5.41) is 11.3. The SMILES string of the molecule is CN(CCC(F)(F)F)C(=O)c1ccc(C(N)=NO)cc1. The topological polar surface area (TPSA) is 78.9 Å². The van der Waals surface area contributed by atoms with Crippen LogP contribution in [0, 0.1) is 0 Å². The van der Waals surface area contributed by atoms with Crippen molar-refractivity contribution in [3.8, 4) is 0 Å². The van der Waals surface area contributed by atoms with Crippen molar-refractivity contribution in [3.05, 3.63) is 35.4 Å². The second-order valence-corrected chi connectivity index (χ2v) is 4.15. The van der Waals surface area contributed by atoms with Gasteiger partial charge in [0.1, 0.15) is 0 Å². The van der Waals surface area contributed by atoms with E-state index in [1.807, 2.05) is 0 Å². The van der Waals surface area contributed by atoms with Crippen LogP contribution in [-0.2, 0) is 0 Å². The van der Waals surface area contributed by atoms with Gasteiger partial charge in [-0.05, 0) is 12.1 Å². The lowest BCUT2D eigenvalue weighted by atomic mass is 10.1. The molecule has 0 heterocycles. The Morgan fingerprint density at radius 2 is 1.80 bits per heavy atom. The molecule has 1 rings (SSSR count). The number of carbonyl (C=O) groups excluding carboxylic acids is 1. The highest BCUT2D eigenvalue weighted by Gasteiger charge is 2.28. The molecule has 0 saturated heterocycles. The van der Waals surface area contributed by atoms with Gasteiger partial charge in [-0.2, -0.15) is 13.2 Å². The lowest BCUT2D eigenvalue weighted by Gasteiger charge is -2.18. The number of amides is 1. The van der Waals surface area contributed by atoms with Crippen molar-refractivity contribution in [2.45, 2.75) is 12.6 Å². The van der Waals surface area contributed by atoms with Crippen molar-refractivity contribution in [1.29, 1.82) is 0 Å². The standard InChI is InChI=1S/C12H14F3N3O2/c1-18(7-6-12(13,14)15)11(19)9-4-2-8(3-5-9)10(16)17-20/h2-5,20H,6-7H2,1H3,(H2,16,17). The summed E-state index contributed by atoms with van der Waals surface area (Å²) in [5.41, 5.74) is 5.99. The van der Waals surface area contributed by atoms with Crippen LogP contribution in [0.25, 0.3) is 0 Å². The van der Waals surface area contributed by atoms with Crippen LogP contribution in [0.4, 0.5) is 13.2 Å². The molecule has 0 aliphatic carbocycles. The third kappa shape index (κ3) is 4.45. The summed E-state index contributed by atoms with van der Waals surface area (Å²) in [6.07, 6.45) is -5.36. The predicted molar refractivity (Wildman–Crippen MR) is 66.6 cm³/mol. The molecule has 8 heteroatoms. The number of oxime groups is 1. The van der Waals surface area contributed by atoms with Crippen LogP contribution in [0.15, 0.2) is 29.4 Å². The smallest absolute Gasteiger partial charge is 0.390 e. The van der Waals surface area contributed by atoms with Gasteiger partial charge in [0, 0.05) is 24.7 Å². The first-order chi connectivity index (χ1) is 9.24. The Labute approximate surface area is 113 Å². The minimum atomic E-state index is -4.30. The number of nitrogens with two attached hydrogens (primary N) is 1. The van der Waals surface area contributed by atoms with E-state index in [1.54, 1.807) is 0 Å². The Balaban J connectivity index is 2.72. The average Bonchev–Trinajstić information content (AvgIpc) is 2.42. The van der Waals surface area contributed by atoms with E-state index in [9.17, 15) is 18.0 Å². The maximum absolute atomic E-state index is 12.1. The molecule has 0 spiro atoms. The summed E-state index contributed by atoms with van der Waals surface area (Å²) in [4.78, 5) is 12.9. The molecule has 0 aliphatic rings. The fourth-order valence-corrected chi connectivity index (χ4v) is 1.46. The Hall–Kier alpha value is -2.25. The fourth-order valence-electron chi connectivity index (χ4n) is 1.46. The van der Waals surface area contributed by atoms with Crippen LogP contribution >= 0.6 is 0 Å². The van der Waals surface area contributed by atoms with Crippen LogP contribution in [0.3, 0.4) is 0 Å². The number of nitrogens with zero attached hydrogens (tertiary/aromatic N) is 2. The van der Waals surface area contributed by atoms with Gasteiger partial charge in [0.15, 0.2) is 5.84 Å². The van der Waals surface area contributed by atoms with E-state index in [2.05, 4.69) is 5.16 Å². The lowest BCUT2D eigenvalue weighted by molar-refractivity contribution is -0.136. The van der Waals surface area contributed by atoms with Gasteiger partial charge >= 0.3 is 6.18 Å². The van der Waals surface area contributed by atoms with E-state index in [0.29, 0.717) is 5.56 Å². The Morgan fingerprint density at radius 1 is 1.30 bits per heavy atom. The molecule has 110 valence electrons. The summed E-state index contributed by atoms with van der Waals surface area (Å²) in [6, 6.07) is 5.69. The molecule has 0 radical (unpaired) electrons. The zero-order valence-electron chi connectivity index (χ0n) is 10.7. The summed E-state index contributed by atoms with van der Waals surface area (Å²) in [5.74, 6) is -0.644. The van der Waals surface area contributed by atoms with Gasteiger partial charge in [-0.1, -0.05) is 17.3 Å². The van der Waals surface area contributed by atoms with Crippen molar-refractivity contribution in [2.24, 2.45) is 10.9 Å². The molecular weight excluding hydrogens is 275 g/mol. The first kappa shape index (κ1) is 15.8. The first-order valence-corrected chi connectivity index (χ1v) is 5.65.